The Kier molecular flexibility index (Phi) is 12.1. The van der Waals surface area contributed by atoms with E-state index in [1.54, 1.807) is 24.3 Å². The Morgan fingerprint density at radius 2 is 1.54 bits per heavy atom. The summed E-state index contributed by atoms with van der Waals surface area (Å²) in [6.07, 6.45) is 0.239. The predicted molar refractivity (Wildman–Crippen MR) is 158 cm³/mol. The zero-order chi connectivity index (χ0) is 29.8. The molecule has 11 nitrogen and oxygen atoms in total. The van der Waals surface area contributed by atoms with Crippen molar-refractivity contribution in [3.05, 3.63) is 54.1 Å². The van der Waals surface area contributed by atoms with Gasteiger partial charge in [0.05, 0.1) is 25.7 Å². The van der Waals surface area contributed by atoms with Crippen LogP contribution in [0.4, 0.5) is 21.9 Å². The van der Waals surface area contributed by atoms with Crippen molar-refractivity contribution >= 4 is 40.9 Å². The topological polar surface area (TPSA) is 149 Å². The molecule has 0 aromatic heterocycles. The van der Waals surface area contributed by atoms with E-state index in [1.807, 2.05) is 45.0 Å². The third-order valence-electron chi connectivity index (χ3n) is 6.73. The summed E-state index contributed by atoms with van der Waals surface area (Å²) >= 11 is 0. The van der Waals surface area contributed by atoms with Crippen molar-refractivity contribution in [3.63, 3.8) is 0 Å². The monoisotopic (exact) mass is 567 g/mol. The van der Waals surface area contributed by atoms with Gasteiger partial charge in [-0.15, -0.1) is 0 Å². The molecule has 2 unspecified atom stereocenters. The molecule has 0 spiro atoms. The van der Waals surface area contributed by atoms with Gasteiger partial charge >= 0.3 is 12.0 Å². The lowest BCUT2D eigenvalue weighted by atomic mass is 9.92. The zero-order valence-corrected chi connectivity index (χ0v) is 23.9. The molecule has 3 rings (SSSR count). The molecule has 2 aromatic rings. The third kappa shape index (κ3) is 11.2. The van der Waals surface area contributed by atoms with Gasteiger partial charge in [0.25, 0.3) is 0 Å². The molecule has 2 atom stereocenters. The SMILES string of the molecule is Cc1ccccc1NC(=O)Nc1ccc(NC(=O)CC(CC(C)C)C(=O)NC(CC(=O)O)CN2CCOCC2)cc1. The normalized spacial score (nSPS) is 15.0. The molecule has 222 valence electrons. The number of hydrogen-bond acceptors (Lipinski definition) is 6. The molecular weight excluding hydrogens is 526 g/mol. The van der Waals surface area contributed by atoms with Crippen LogP contribution in [0.25, 0.3) is 0 Å². The molecule has 41 heavy (non-hydrogen) atoms. The number of carbonyl (C=O) groups excluding carboxylic acids is 3. The Morgan fingerprint density at radius 3 is 2.15 bits per heavy atom. The van der Waals surface area contributed by atoms with E-state index in [0.29, 0.717) is 56.3 Å². The van der Waals surface area contributed by atoms with Gasteiger partial charge in [-0.3, -0.25) is 19.3 Å². The first-order valence-corrected chi connectivity index (χ1v) is 13.9. The standard InChI is InChI=1S/C30H41N5O6/c1-20(2)16-22(29(39)32-25(18-28(37)38)19-35-12-14-41-15-13-35)17-27(36)31-23-8-10-24(11-9-23)33-30(40)34-26-7-5-4-6-21(26)3/h4-11,20,22,25H,12-19H2,1-3H3,(H,31,36)(H,32,39)(H,37,38)(H2,33,34,40). The van der Waals surface area contributed by atoms with Crippen molar-refractivity contribution in [3.8, 4) is 0 Å². The molecule has 11 heteroatoms. The molecule has 5 N–H and O–H groups in total. The summed E-state index contributed by atoms with van der Waals surface area (Å²) in [5.41, 5.74) is 2.74. The first-order valence-electron chi connectivity index (χ1n) is 13.9. The van der Waals surface area contributed by atoms with Gasteiger partial charge in [0.15, 0.2) is 0 Å². The Bertz CT molecular complexity index is 1180. The van der Waals surface area contributed by atoms with Gasteiger partial charge < -0.3 is 31.1 Å². The smallest absolute Gasteiger partial charge is 0.323 e. The van der Waals surface area contributed by atoms with Crippen LogP contribution in [0.2, 0.25) is 0 Å². The Balaban J connectivity index is 1.55. The first-order chi connectivity index (χ1) is 19.6. The minimum atomic E-state index is -0.993. The maximum Gasteiger partial charge on any atom is 0.323 e. The zero-order valence-electron chi connectivity index (χ0n) is 23.9. The highest BCUT2D eigenvalue weighted by Gasteiger charge is 2.27. The van der Waals surface area contributed by atoms with Crippen molar-refractivity contribution < 1.29 is 29.0 Å². The summed E-state index contributed by atoms with van der Waals surface area (Å²) in [5.74, 6) is -2.10. The minimum absolute atomic E-state index is 0.0415. The second kappa shape index (κ2) is 15.7. The second-order valence-electron chi connectivity index (χ2n) is 10.8. The molecule has 1 aliphatic heterocycles. The van der Waals surface area contributed by atoms with Crippen LogP contribution in [0, 0.1) is 18.8 Å². The number of nitrogens with zero attached hydrogens (tertiary/aromatic N) is 1. The van der Waals surface area contributed by atoms with E-state index in [1.165, 1.54) is 0 Å². The van der Waals surface area contributed by atoms with Crippen LogP contribution in [0.5, 0.6) is 0 Å². The summed E-state index contributed by atoms with van der Waals surface area (Å²) in [5, 5.41) is 20.6. The maximum atomic E-state index is 13.2. The number of rotatable bonds is 13. The molecule has 1 fully saturated rings. The number of benzene rings is 2. The molecule has 2 aromatic carbocycles. The van der Waals surface area contributed by atoms with Gasteiger partial charge in [-0.25, -0.2) is 4.79 Å². The van der Waals surface area contributed by atoms with E-state index in [0.717, 1.165) is 5.56 Å². The number of hydrogen-bond donors (Lipinski definition) is 5. The number of nitrogens with one attached hydrogen (secondary N) is 4. The van der Waals surface area contributed by atoms with Crippen LogP contribution in [0.15, 0.2) is 48.5 Å². The van der Waals surface area contributed by atoms with E-state index in [2.05, 4.69) is 26.2 Å². The van der Waals surface area contributed by atoms with Crippen molar-refractivity contribution in [1.29, 1.82) is 0 Å². The molecule has 0 radical (unpaired) electrons. The number of amides is 4. The number of urea groups is 1. The molecule has 0 aliphatic carbocycles. The molecule has 1 aliphatic rings. The molecular formula is C30H41N5O6. The summed E-state index contributed by atoms with van der Waals surface area (Å²) < 4.78 is 5.36. The molecule has 4 amide bonds. The second-order valence-corrected chi connectivity index (χ2v) is 10.8. The molecule has 0 bridgehead atoms. The molecule has 1 heterocycles. The summed E-state index contributed by atoms with van der Waals surface area (Å²) in [6, 6.07) is 13.2. The minimum Gasteiger partial charge on any atom is -0.481 e. The highest BCUT2D eigenvalue weighted by molar-refractivity contribution is 6.00. The van der Waals surface area contributed by atoms with Crippen LogP contribution in [-0.2, 0) is 19.1 Å². The number of aliphatic carboxylic acids is 1. The van der Waals surface area contributed by atoms with Gasteiger partial charge in [-0.2, -0.15) is 0 Å². The summed E-state index contributed by atoms with van der Waals surface area (Å²) in [6.45, 7) is 8.75. The van der Waals surface area contributed by atoms with Crippen LogP contribution < -0.4 is 21.3 Å². The average Bonchev–Trinajstić information content (AvgIpc) is 2.90. The van der Waals surface area contributed by atoms with Crippen LogP contribution >= 0.6 is 0 Å². The fourth-order valence-corrected chi connectivity index (χ4v) is 4.71. The van der Waals surface area contributed by atoms with Crippen LogP contribution in [-0.4, -0.2) is 72.7 Å². The largest absolute Gasteiger partial charge is 0.481 e. The van der Waals surface area contributed by atoms with Crippen LogP contribution in [0.1, 0.15) is 38.7 Å². The van der Waals surface area contributed by atoms with E-state index in [9.17, 15) is 24.3 Å². The number of ether oxygens (including phenoxy) is 1. The van der Waals surface area contributed by atoms with Gasteiger partial charge in [-0.1, -0.05) is 32.0 Å². The number of aryl methyl sites for hydroxylation is 1. The number of morpholine rings is 1. The van der Waals surface area contributed by atoms with Gasteiger partial charge in [-0.05, 0) is 55.2 Å². The Labute approximate surface area is 241 Å². The number of carbonyl (C=O) groups is 4. The lowest BCUT2D eigenvalue weighted by Crippen LogP contribution is -2.49. The fraction of sp³-hybridized carbons (Fsp3) is 0.467. The highest BCUT2D eigenvalue weighted by Crippen LogP contribution is 2.20. The van der Waals surface area contributed by atoms with Crippen LogP contribution in [0.3, 0.4) is 0 Å². The van der Waals surface area contributed by atoms with Gasteiger partial charge in [0.1, 0.15) is 0 Å². The van der Waals surface area contributed by atoms with Crippen molar-refractivity contribution in [2.75, 3.05) is 48.8 Å². The molecule has 0 saturated carbocycles. The fourth-order valence-electron chi connectivity index (χ4n) is 4.71. The number of carboxylic acid groups (broad SMARTS) is 1. The third-order valence-corrected chi connectivity index (χ3v) is 6.73. The first kappa shape index (κ1) is 31.6. The van der Waals surface area contributed by atoms with Gasteiger partial charge in [0, 0.05) is 49.0 Å². The molecule has 1 saturated heterocycles. The van der Waals surface area contributed by atoms with E-state index >= 15 is 0 Å². The van der Waals surface area contributed by atoms with Crippen molar-refractivity contribution in [2.45, 2.75) is 46.1 Å². The van der Waals surface area contributed by atoms with E-state index in [4.69, 9.17) is 4.74 Å². The lowest BCUT2D eigenvalue weighted by Gasteiger charge is -2.31. The van der Waals surface area contributed by atoms with E-state index < -0.39 is 17.9 Å². The maximum absolute atomic E-state index is 13.2. The Morgan fingerprint density at radius 1 is 0.902 bits per heavy atom. The summed E-state index contributed by atoms with van der Waals surface area (Å²) in [4.78, 5) is 52.0. The lowest BCUT2D eigenvalue weighted by molar-refractivity contribution is -0.138. The quantitative estimate of drug-likeness (QED) is 0.246. The number of para-hydroxylation sites is 1. The van der Waals surface area contributed by atoms with E-state index in [-0.39, 0.29) is 36.6 Å². The summed E-state index contributed by atoms with van der Waals surface area (Å²) in [7, 11) is 0. The van der Waals surface area contributed by atoms with Crippen molar-refractivity contribution in [1.82, 2.24) is 10.2 Å². The predicted octanol–water partition coefficient (Wildman–Crippen LogP) is 3.92. The van der Waals surface area contributed by atoms with Crippen molar-refractivity contribution in [2.24, 2.45) is 11.8 Å². The Hall–Kier alpha value is -3.96. The number of carboxylic acids is 1. The highest BCUT2D eigenvalue weighted by atomic mass is 16.5. The van der Waals surface area contributed by atoms with Gasteiger partial charge in [0.2, 0.25) is 11.8 Å². The number of anilines is 3. The average molecular weight is 568 g/mol.